The molecule has 0 unspecified atom stereocenters. The summed E-state index contributed by atoms with van der Waals surface area (Å²) in [5, 5.41) is 13.3. The molecule has 7 heteroatoms. The van der Waals surface area contributed by atoms with E-state index < -0.39 is 0 Å². The molecule has 2 N–H and O–H groups in total. The Morgan fingerprint density at radius 1 is 1.32 bits per heavy atom. The average molecular weight is 419 g/mol. The summed E-state index contributed by atoms with van der Waals surface area (Å²) >= 11 is 4.57. The smallest absolute Gasteiger partial charge is 0.264 e. The first-order valence-electron chi connectivity index (χ1n) is 7.56. The Labute approximate surface area is 157 Å². The molecule has 1 heterocycles. The van der Waals surface area contributed by atoms with Crippen LogP contribution in [-0.2, 0) is 4.79 Å². The largest absolute Gasteiger partial charge is 0.503 e. The van der Waals surface area contributed by atoms with Crippen LogP contribution in [0.5, 0.6) is 11.5 Å². The van der Waals surface area contributed by atoms with Gasteiger partial charge in [0.25, 0.3) is 5.91 Å². The number of nitrogens with one attached hydrogen (secondary N) is 1. The van der Waals surface area contributed by atoms with E-state index >= 15 is 0 Å². The van der Waals surface area contributed by atoms with E-state index in [4.69, 9.17) is 4.74 Å². The van der Waals surface area contributed by atoms with Crippen LogP contribution in [-0.4, -0.2) is 22.8 Å². The Hall–Kier alpha value is -2.25. The van der Waals surface area contributed by atoms with E-state index in [0.29, 0.717) is 26.9 Å². The summed E-state index contributed by atoms with van der Waals surface area (Å²) in [5.41, 5.74) is 1.52. The fraction of sp³-hybridized carbons (Fsp3) is 0.111. The molecular formula is C18H15BrN2O3S. The minimum Gasteiger partial charge on any atom is -0.503 e. The van der Waals surface area contributed by atoms with Gasteiger partial charge in [0.2, 0.25) is 0 Å². The van der Waals surface area contributed by atoms with E-state index in [1.165, 1.54) is 11.8 Å². The van der Waals surface area contributed by atoms with Crippen LogP contribution in [0.4, 0.5) is 5.69 Å². The molecule has 1 saturated heterocycles. The summed E-state index contributed by atoms with van der Waals surface area (Å²) in [6.45, 7) is 2.27. The summed E-state index contributed by atoms with van der Waals surface area (Å²) in [6, 6.07) is 12.8. The van der Waals surface area contributed by atoms with E-state index in [2.05, 4.69) is 26.2 Å². The van der Waals surface area contributed by atoms with Gasteiger partial charge in [-0.25, -0.2) is 4.99 Å². The number of carbonyl (C=O) groups excluding carboxylic acids is 1. The highest BCUT2D eigenvalue weighted by atomic mass is 79.9. The highest BCUT2D eigenvalue weighted by Crippen LogP contribution is 2.37. The topological polar surface area (TPSA) is 70.9 Å². The van der Waals surface area contributed by atoms with E-state index in [-0.39, 0.29) is 11.7 Å². The van der Waals surface area contributed by atoms with Crippen LogP contribution in [0.3, 0.4) is 0 Å². The van der Waals surface area contributed by atoms with Gasteiger partial charge < -0.3 is 15.2 Å². The third-order valence-electron chi connectivity index (χ3n) is 3.29. The van der Waals surface area contributed by atoms with Gasteiger partial charge in [0.15, 0.2) is 16.7 Å². The van der Waals surface area contributed by atoms with Crippen LogP contribution in [0, 0.1) is 0 Å². The van der Waals surface area contributed by atoms with Crippen molar-refractivity contribution in [2.75, 3.05) is 6.61 Å². The molecule has 0 saturated carbocycles. The van der Waals surface area contributed by atoms with Crippen molar-refractivity contribution in [1.82, 2.24) is 5.32 Å². The van der Waals surface area contributed by atoms with Crippen molar-refractivity contribution in [2.45, 2.75) is 6.92 Å². The number of aliphatic imine (C=N–C) groups is 1. The molecule has 1 aliphatic rings. The number of amidine groups is 1. The van der Waals surface area contributed by atoms with Gasteiger partial charge in [-0.05, 0) is 70.5 Å². The lowest BCUT2D eigenvalue weighted by molar-refractivity contribution is -0.115. The first kappa shape index (κ1) is 17.6. The number of nitrogens with zero attached hydrogens (tertiary/aromatic N) is 1. The number of hydrogen-bond donors (Lipinski definition) is 2. The fourth-order valence-electron chi connectivity index (χ4n) is 2.19. The third-order valence-corrected chi connectivity index (χ3v) is 4.80. The number of halogens is 1. The molecule has 25 heavy (non-hydrogen) atoms. The fourth-order valence-corrected chi connectivity index (χ4v) is 3.50. The van der Waals surface area contributed by atoms with Crippen molar-refractivity contribution in [1.29, 1.82) is 0 Å². The summed E-state index contributed by atoms with van der Waals surface area (Å²) in [6.07, 6.45) is 1.74. The first-order chi connectivity index (χ1) is 12.1. The van der Waals surface area contributed by atoms with Crippen molar-refractivity contribution in [3.63, 3.8) is 0 Å². The first-order valence-corrected chi connectivity index (χ1v) is 9.17. The summed E-state index contributed by atoms with van der Waals surface area (Å²) in [7, 11) is 0. The van der Waals surface area contributed by atoms with Gasteiger partial charge in [0, 0.05) is 0 Å². The zero-order valence-electron chi connectivity index (χ0n) is 13.3. The Morgan fingerprint density at radius 2 is 2.08 bits per heavy atom. The summed E-state index contributed by atoms with van der Waals surface area (Å²) in [4.78, 5) is 17.1. The summed E-state index contributed by atoms with van der Waals surface area (Å²) in [5.74, 6) is 0.200. The second-order valence-electron chi connectivity index (χ2n) is 5.10. The van der Waals surface area contributed by atoms with Crippen molar-refractivity contribution < 1.29 is 14.6 Å². The molecule has 0 radical (unpaired) electrons. The van der Waals surface area contributed by atoms with Crippen molar-refractivity contribution in [3.05, 3.63) is 57.4 Å². The number of ether oxygens (including phenoxy) is 1. The number of thioether (sulfide) groups is 1. The standard InChI is InChI=1S/C18H15BrN2O3S/c1-2-24-14-9-11(8-13(19)16(14)22)10-15-17(23)21-18(25-15)20-12-6-4-3-5-7-12/h3-10,22H,2H2,1H3,(H,20,21,23)/b15-10-. The molecule has 0 bridgehead atoms. The van der Waals surface area contributed by atoms with Crippen LogP contribution in [0.15, 0.2) is 56.8 Å². The number of phenolic OH excluding ortho intramolecular Hbond substituents is 1. The van der Waals surface area contributed by atoms with Crippen LogP contribution in [0.25, 0.3) is 6.08 Å². The Bertz CT molecular complexity index is 866. The van der Waals surface area contributed by atoms with E-state index in [1.54, 1.807) is 18.2 Å². The number of amides is 1. The molecule has 2 aromatic rings. The number of phenols is 1. The highest BCUT2D eigenvalue weighted by Gasteiger charge is 2.24. The lowest BCUT2D eigenvalue weighted by Crippen LogP contribution is -2.19. The Morgan fingerprint density at radius 3 is 2.80 bits per heavy atom. The maximum atomic E-state index is 12.2. The molecule has 1 aliphatic heterocycles. The van der Waals surface area contributed by atoms with E-state index in [0.717, 1.165) is 11.3 Å². The van der Waals surface area contributed by atoms with E-state index in [9.17, 15) is 9.90 Å². The highest BCUT2D eigenvalue weighted by molar-refractivity contribution is 9.10. The van der Waals surface area contributed by atoms with Gasteiger partial charge in [-0.2, -0.15) is 0 Å². The number of hydrogen-bond acceptors (Lipinski definition) is 5. The van der Waals surface area contributed by atoms with Gasteiger partial charge >= 0.3 is 0 Å². The van der Waals surface area contributed by atoms with Crippen molar-refractivity contribution >= 4 is 50.5 Å². The molecule has 2 aromatic carbocycles. The Balaban J connectivity index is 1.87. The normalized spacial score (nSPS) is 17.1. The molecule has 0 spiro atoms. The minimum absolute atomic E-state index is 0.0406. The number of aromatic hydroxyl groups is 1. The summed E-state index contributed by atoms with van der Waals surface area (Å²) < 4.78 is 5.92. The number of para-hydroxylation sites is 1. The zero-order valence-corrected chi connectivity index (χ0v) is 15.7. The Kier molecular flexibility index (Phi) is 5.45. The lowest BCUT2D eigenvalue weighted by Gasteiger charge is -2.08. The molecule has 1 fully saturated rings. The second-order valence-corrected chi connectivity index (χ2v) is 6.98. The number of benzene rings is 2. The predicted octanol–water partition coefficient (Wildman–Crippen LogP) is 4.45. The molecule has 5 nitrogen and oxygen atoms in total. The van der Waals surface area contributed by atoms with Crippen LogP contribution in [0.2, 0.25) is 0 Å². The van der Waals surface area contributed by atoms with Gasteiger partial charge in [-0.1, -0.05) is 18.2 Å². The SMILES string of the molecule is CCOc1cc(/C=C2\SC(=Nc3ccccc3)NC2=O)cc(Br)c1O. The van der Waals surface area contributed by atoms with Crippen molar-refractivity contribution in [3.8, 4) is 11.5 Å². The maximum Gasteiger partial charge on any atom is 0.264 e. The number of rotatable bonds is 4. The molecule has 0 atom stereocenters. The molecule has 1 amide bonds. The van der Waals surface area contributed by atoms with Crippen molar-refractivity contribution in [2.24, 2.45) is 4.99 Å². The minimum atomic E-state index is -0.207. The molecule has 128 valence electrons. The van der Waals surface area contributed by atoms with Crippen LogP contribution in [0.1, 0.15) is 12.5 Å². The van der Waals surface area contributed by atoms with E-state index in [1.807, 2.05) is 37.3 Å². The second kappa shape index (κ2) is 7.76. The molecule has 3 rings (SSSR count). The maximum absolute atomic E-state index is 12.2. The van der Waals surface area contributed by atoms with Gasteiger partial charge in [0.1, 0.15) is 0 Å². The molecule has 0 aliphatic carbocycles. The van der Waals surface area contributed by atoms with Gasteiger partial charge in [-0.15, -0.1) is 0 Å². The lowest BCUT2D eigenvalue weighted by atomic mass is 10.2. The third kappa shape index (κ3) is 4.24. The quantitative estimate of drug-likeness (QED) is 0.719. The average Bonchev–Trinajstić information content (AvgIpc) is 2.92. The predicted molar refractivity (Wildman–Crippen MR) is 104 cm³/mol. The monoisotopic (exact) mass is 418 g/mol. The van der Waals surface area contributed by atoms with Gasteiger partial charge in [0.05, 0.1) is 21.7 Å². The number of carbonyl (C=O) groups is 1. The molecular weight excluding hydrogens is 404 g/mol. The molecule has 0 aromatic heterocycles. The van der Waals surface area contributed by atoms with Crippen LogP contribution >= 0.6 is 27.7 Å². The van der Waals surface area contributed by atoms with Gasteiger partial charge in [-0.3, -0.25) is 4.79 Å². The van der Waals surface area contributed by atoms with Crippen LogP contribution < -0.4 is 10.1 Å². The zero-order chi connectivity index (χ0) is 17.8.